The number of allylic oxidation sites excluding steroid dienone is 1. The summed E-state index contributed by atoms with van der Waals surface area (Å²) >= 11 is 0. The Morgan fingerprint density at radius 2 is 0.609 bits per heavy atom. The first-order valence-electron chi connectivity index (χ1n) is 29.5. The maximum atomic E-state index is 12.5. The van der Waals surface area contributed by atoms with Crippen LogP contribution in [0.1, 0.15) is 335 Å². The number of aliphatic hydroxyl groups is 3. The number of aliphatic hydroxyl groups excluding tert-OH is 3. The van der Waals surface area contributed by atoms with Gasteiger partial charge in [-0.25, -0.2) is 0 Å². The summed E-state index contributed by atoms with van der Waals surface area (Å²) in [4.78, 5) is 12.5. The van der Waals surface area contributed by atoms with E-state index >= 15 is 0 Å². The van der Waals surface area contributed by atoms with E-state index < -0.39 is 24.2 Å². The van der Waals surface area contributed by atoms with Crippen LogP contribution in [0.2, 0.25) is 0 Å². The third kappa shape index (κ3) is 49.0. The second-order valence-electron chi connectivity index (χ2n) is 20.6. The average molecular weight is 905 g/mol. The van der Waals surface area contributed by atoms with Gasteiger partial charge in [0.05, 0.1) is 18.8 Å². The predicted molar refractivity (Wildman–Crippen MR) is 282 cm³/mol. The lowest BCUT2D eigenvalue weighted by atomic mass is 10.0. The van der Waals surface area contributed by atoms with Gasteiger partial charge in [-0.2, -0.15) is 0 Å². The van der Waals surface area contributed by atoms with Crippen molar-refractivity contribution < 1.29 is 20.1 Å². The molecule has 5 nitrogen and oxygen atoms in total. The molecule has 0 bridgehead atoms. The molecule has 4 N–H and O–H groups in total. The zero-order valence-electron chi connectivity index (χ0n) is 43.7. The van der Waals surface area contributed by atoms with E-state index in [9.17, 15) is 20.1 Å². The number of carbonyl (C=O) groups is 1. The number of unbranched alkanes of at least 4 members (excludes halogenated alkanes) is 47. The number of carbonyl (C=O) groups excluding carboxylic acids is 1. The van der Waals surface area contributed by atoms with Crippen LogP contribution in [-0.4, -0.2) is 46.1 Å². The second-order valence-corrected chi connectivity index (χ2v) is 20.6. The standard InChI is InChI=1S/C59H117NO4/c1-3-5-7-9-11-13-15-17-18-19-20-21-22-23-24-25-26-27-28-29-30-31-32-33-34-35-36-37-38-39-40-41-42-44-46-48-50-52-54-58(63)59(64)60-56(55-61)57(62)53-51-49-47-45-43-16-14-12-10-8-6-4-2/h51,53,56-58,61-63H,3-50,52,54-55H2,1-2H3,(H,60,64)/b53-51+. The molecule has 0 aromatic rings. The maximum absolute atomic E-state index is 12.5. The minimum atomic E-state index is -1.09. The molecule has 0 saturated heterocycles. The highest BCUT2D eigenvalue weighted by molar-refractivity contribution is 5.80. The van der Waals surface area contributed by atoms with Crippen LogP contribution in [0.15, 0.2) is 12.2 Å². The van der Waals surface area contributed by atoms with Gasteiger partial charge in [0.1, 0.15) is 6.10 Å². The van der Waals surface area contributed by atoms with Crippen molar-refractivity contribution in [3.05, 3.63) is 12.2 Å². The zero-order chi connectivity index (χ0) is 46.5. The molecule has 0 aromatic carbocycles. The van der Waals surface area contributed by atoms with Crippen LogP contribution >= 0.6 is 0 Å². The fourth-order valence-corrected chi connectivity index (χ4v) is 9.54. The number of rotatable bonds is 55. The minimum Gasteiger partial charge on any atom is -0.394 e. The Balaban J connectivity index is 3.39. The summed E-state index contributed by atoms with van der Waals surface area (Å²) < 4.78 is 0. The molecule has 3 atom stereocenters. The molecule has 3 unspecified atom stereocenters. The molecule has 0 aliphatic rings. The summed E-state index contributed by atoms with van der Waals surface area (Å²) in [6, 6.07) is -0.793. The number of nitrogens with one attached hydrogen (secondary N) is 1. The smallest absolute Gasteiger partial charge is 0.249 e. The lowest BCUT2D eigenvalue weighted by Gasteiger charge is -2.21. The fourth-order valence-electron chi connectivity index (χ4n) is 9.54. The molecule has 5 heteroatoms. The van der Waals surface area contributed by atoms with Crippen molar-refractivity contribution in [1.82, 2.24) is 5.32 Å². The van der Waals surface area contributed by atoms with Crippen LogP contribution in [0.3, 0.4) is 0 Å². The first-order chi connectivity index (χ1) is 31.6. The molecule has 0 fully saturated rings. The lowest BCUT2D eigenvalue weighted by Crippen LogP contribution is -2.48. The molecule has 1 amide bonds. The summed E-state index contributed by atoms with van der Waals surface area (Å²) in [7, 11) is 0. The quantitative estimate of drug-likeness (QED) is 0.0362. The average Bonchev–Trinajstić information content (AvgIpc) is 3.30. The van der Waals surface area contributed by atoms with Crippen molar-refractivity contribution in [3.8, 4) is 0 Å². The van der Waals surface area contributed by atoms with Crippen molar-refractivity contribution in [1.29, 1.82) is 0 Å². The highest BCUT2D eigenvalue weighted by Gasteiger charge is 2.22. The lowest BCUT2D eigenvalue weighted by molar-refractivity contribution is -0.131. The molecule has 0 heterocycles. The van der Waals surface area contributed by atoms with E-state index in [1.54, 1.807) is 6.08 Å². The molecule has 0 radical (unpaired) electrons. The molecule has 0 aromatic heterocycles. The van der Waals surface area contributed by atoms with Gasteiger partial charge in [0.15, 0.2) is 0 Å². The molecular formula is C59H117NO4. The Hall–Kier alpha value is -0.910. The molecule has 0 rings (SSSR count). The van der Waals surface area contributed by atoms with Crippen molar-refractivity contribution >= 4 is 5.91 Å². The SMILES string of the molecule is CCCCCCCCCCCC/C=C/C(O)C(CO)NC(=O)C(O)CCCCCCCCCCCCCCCCCCCCCCCCCCCCCCCCCCCCCCCC. The van der Waals surface area contributed by atoms with E-state index in [1.807, 2.05) is 6.08 Å². The fraction of sp³-hybridized carbons (Fsp3) is 0.949. The van der Waals surface area contributed by atoms with E-state index in [4.69, 9.17) is 0 Å². The van der Waals surface area contributed by atoms with Gasteiger partial charge in [0.2, 0.25) is 5.91 Å². The van der Waals surface area contributed by atoms with E-state index in [0.717, 1.165) is 32.1 Å². The highest BCUT2D eigenvalue weighted by atomic mass is 16.3. The van der Waals surface area contributed by atoms with Crippen LogP contribution in [0, 0.1) is 0 Å². The van der Waals surface area contributed by atoms with E-state index in [2.05, 4.69) is 19.2 Å². The van der Waals surface area contributed by atoms with Gasteiger partial charge in [0, 0.05) is 0 Å². The van der Waals surface area contributed by atoms with Gasteiger partial charge in [0.25, 0.3) is 0 Å². The third-order valence-corrected chi connectivity index (χ3v) is 14.1. The number of hydrogen-bond acceptors (Lipinski definition) is 4. The van der Waals surface area contributed by atoms with Gasteiger partial charge < -0.3 is 20.6 Å². The van der Waals surface area contributed by atoms with Gasteiger partial charge in [-0.15, -0.1) is 0 Å². The Kier molecular flexibility index (Phi) is 53.9. The van der Waals surface area contributed by atoms with Gasteiger partial charge in [-0.3, -0.25) is 4.79 Å². The molecular weight excluding hydrogens is 787 g/mol. The summed E-state index contributed by atoms with van der Waals surface area (Å²) in [6.07, 6.45) is 69.0. The molecule has 0 spiro atoms. The summed E-state index contributed by atoms with van der Waals surface area (Å²) in [5, 5.41) is 33.2. The van der Waals surface area contributed by atoms with Crippen molar-refractivity contribution in [2.24, 2.45) is 0 Å². The van der Waals surface area contributed by atoms with Crippen molar-refractivity contribution in [2.75, 3.05) is 6.61 Å². The van der Waals surface area contributed by atoms with Crippen LogP contribution in [0.5, 0.6) is 0 Å². The summed E-state index contributed by atoms with van der Waals surface area (Å²) in [6.45, 7) is 4.20. The van der Waals surface area contributed by atoms with Crippen LogP contribution in [0.4, 0.5) is 0 Å². The molecule has 382 valence electrons. The van der Waals surface area contributed by atoms with Gasteiger partial charge in [-0.05, 0) is 19.3 Å². The van der Waals surface area contributed by atoms with E-state index in [-0.39, 0.29) is 6.61 Å². The summed E-state index contributed by atoms with van der Waals surface area (Å²) in [5.41, 5.74) is 0. The van der Waals surface area contributed by atoms with Crippen LogP contribution < -0.4 is 5.32 Å². The largest absolute Gasteiger partial charge is 0.394 e. The van der Waals surface area contributed by atoms with Crippen LogP contribution in [-0.2, 0) is 4.79 Å². The van der Waals surface area contributed by atoms with Crippen molar-refractivity contribution in [3.63, 3.8) is 0 Å². The first kappa shape index (κ1) is 63.1. The topological polar surface area (TPSA) is 89.8 Å². The number of amides is 1. The van der Waals surface area contributed by atoms with Crippen molar-refractivity contribution in [2.45, 2.75) is 353 Å². The molecule has 0 saturated carbocycles. The van der Waals surface area contributed by atoms with E-state index in [1.165, 1.54) is 283 Å². The normalized spacial score (nSPS) is 13.3. The van der Waals surface area contributed by atoms with Crippen LogP contribution in [0.25, 0.3) is 0 Å². The zero-order valence-corrected chi connectivity index (χ0v) is 43.7. The molecule has 0 aliphatic heterocycles. The Labute approximate surface area is 401 Å². The first-order valence-corrected chi connectivity index (χ1v) is 29.5. The summed E-state index contributed by atoms with van der Waals surface area (Å²) in [5.74, 6) is -0.497. The minimum absolute atomic E-state index is 0.359. The maximum Gasteiger partial charge on any atom is 0.249 e. The Morgan fingerprint density at radius 1 is 0.375 bits per heavy atom. The monoisotopic (exact) mass is 904 g/mol. The molecule has 0 aliphatic carbocycles. The highest BCUT2D eigenvalue weighted by Crippen LogP contribution is 2.18. The third-order valence-electron chi connectivity index (χ3n) is 14.1. The predicted octanol–water partition coefficient (Wildman–Crippen LogP) is 18.3. The molecule has 64 heavy (non-hydrogen) atoms. The van der Waals surface area contributed by atoms with E-state index in [0.29, 0.717) is 6.42 Å². The van der Waals surface area contributed by atoms with Gasteiger partial charge >= 0.3 is 0 Å². The Morgan fingerprint density at radius 3 is 0.859 bits per heavy atom. The Bertz CT molecular complexity index is 909. The second kappa shape index (κ2) is 54.7. The number of hydrogen-bond donors (Lipinski definition) is 4. The van der Waals surface area contributed by atoms with Gasteiger partial charge in [-0.1, -0.05) is 328 Å².